The molecular formula is C13H20N4. The Balaban J connectivity index is 1.92. The third kappa shape index (κ3) is 2.35. The first-order valence-electron chi connectivity index (χ1n) is 6.67. The molecular weight excluding hydrogens is 212 g/mol. The van der Waals surface area contributed by atoms with Crippen LogP contribution in [0.2, 0.25) is 0 Å². The Bertz CT molecular complexity index is 422. The summed E-state index contributed by atoms with van der Waals surface area (Å²) in [4.78, 5) is 9.35. The van der Waals surface area contributed by atoms with Crippen LogP contribution in [0.3, 0.4) is 0 Å². The Kier molecular flexibility index (Phi) is 2.65. The molecule has 4 nitrogen and oxygen atoms in total. The van der Waals surface area contributed by atoms with E-state index in [0.29, 0.717) is 12.0 Å². The first-order valence-corrected chi connectivity index (χ1v) is 6.67. The highest BCUT2D eigenvalue weighted by molar-refractivity contribution is 5.58. The second-order valence-corrected chi connectivity index (χ2v) is 5.13. The van der Waals surface area contributed by atoms with Crippen LogP contribution in [-0.2, 0) is 0 Å². The number of nitrogens with zero attached hydrogens (tertiary/aromatic N) is 2. The molecule has 2 fully saturated rings. The van der Waals surface area contributed by atoms with E-state index in [4.69, 9.17) is 4.98 Å². The maximum absolute atomic E-state index is 4.70. The Morgan fingerprint density at radius 1 is 1.12 bits per heavy atom. The smallest absolute Gasteiger partial charge is 0.136 e. The van der Waals surface area contributed by atoms with Crippen LogP contribution in [0.25, 0.3) is 0 Å². The van der Waals surface area contributed by atoms with E-state index in [-0.39, 0.29) is 0 Å². The molecule has 0 saturated heterocycles. The van der Waals surface area contributed by atoms with E-state index >= 15 is 0 Å². The third-order valence-electron chi connectivity index (χ3n) is 3.37. The highest BCUT2D eigenvalue weighted by Gasteiger charge is 2.29. The molecule has 1 heterocycles. The first kappa shape index (κ1) is 10.8. The summed E-state index contributed by atoms with van der Waals surface area (Å²) >= 11 is 0. The van der Waals surface area contributed by atoms with Crippen LogP contribution in [0.5, 0.6) is 0 Å². The number of nitrogens with one attached hydrogen (secondary N) is 2. The molecule has 0 unspecified atom stereocenters. The quantitative estimate of drug-likeness (QED) is 0.819. The van der Waals surface area contributed by atoms with Gasteiger partial charge in [-0.1, -0.05) is 0 Å². The van der Waals surface area contributed by atoms with Gasteiger partial charge < -0.3 is 10.6 Å². The van der Waals surface area contributed by atoms with Gasteiger partial charge in [0.25, 0.3) is 0 Å². The van der Waals surface area contributed by atoms with E-state index in [1.54, 1.807) is 0 Å². The predicted molar refractivity (Wildman–Crippen MR) is 69.6 cm³/mol. The van der Waals surface area contributed by atoms with Crippen LogP contribution in [0.1, 0.15) is 49.9 Å². The minimum absolute atomic E-state index is 0.604. The standard InChI is InChI=1S/C13H20N4/c1-3-14-11-8(2)12(15-10-6-7-10)17-13(16-11)9-4-5-9/h9-10H,3-7H2,1-2H3,(H2,14,15,16,17). The fourth-order valence-corrected chi connectivity index (χ4v) is 1.96. The predicted octanol–water partition coefficient (Wildman–Crippen LogP) is 2.67. The third-order valence-corrected chi connectivity index (χ3v) is 3.37. The molecule has 2 saturated carbocycles. The van der Waals surface area contributed by atoms with Gasteiger partial charge in [0.05, 0.1) is 0 Å². The highest BCUT2D eigenvalue weighted by atomic mass is 15.1. The molecule has 17 heavy (non-hydrogen) atoms. The van der Waals surface area contributed by atoms with E-state index in [1.807, 2.05) is 0 Å². The summed E-state index contributed by atoms with van der Waals surface area (Å²) in [5.74, 6) is 3.68. The maximum Gasteiger partial charge on any atom is 0.136 e. The fraction of sp³-hybridized carbons (Fsp3) is 0.692. The summed E-state index contributed by atoms with van der Waals surface area (Å²) in [7, 11) is 0. The van der Waals surface area contributed by atoms with Crippen molar-refractivity contribution in [3.63, 3.8) is 0 Å². The van der Waals surface area contributed by atoms with Crippen molar-refractivity contribution in [2.45, 2.75) is 51.5 Å². The Morgan fingerprint density at radius 2 is 1.82 bits per heavy atom. The molecule has 92 valence electrons. The Labute approximate surface area is 102 Å². The van der Waals surface area contributed by atoms with Crippen LogP contribution in [0, 0.1) is 6.92 Å². The largest absolute Gasteiger partial charge is 0.370 e. The minimum atomic E-state index is 0.604. The van der Waals surface area contributed by atoms with Gasteiger partial charge in [-0.3, -0.25) is 0 Å². The molecule has 0 aromatic carbocycles. The van der Waals surface area contributed by atoms with Crippen molar-refractivity contribution < 1.29 is 0 Å². The molecule has 0 spiro atoms. The molecule has 1 aromatic rings. The lowest BCUT2D eigenvalue weighted by Gasteiger charge is -2.14. The van der Waals surface area contributed by atoms with Gasteiger partial charge in [-0.2, -0.15) is 0 Å². The van der Waals surface area contributed by atoms with Gasteiger partial charge in [-0.15, -0.1) is 0 Å². The lowest BCUT2D eigenvalue weighted by atomic mass is 10.2. The monoisotopic (exact) mass is 232 g/mol. The number of hydrogen-bond donors (Lipinski definition) is 2. The van der Waals surface area contributed by atoms with Crippen molar-refractivity contribution in [3.05, 3.63) is 11.4 Å². The summed E-state index contributed by atoms with van der Waals surface area (Å²) in [6, 6.07) is 0.644. The number of anilines is 2. The second-order valence-electron chi connectivity index (χ2n) is 5.13. The second kappa shape index (κ2) is 4.17. The van der Waals surface area contributed by atoms with E-state index in [1.165, 1.54) is 25.7 Å². The summed E-state index contributed by atoms with van der Waals surface area (Å²) < 4.78 is 0. The van der Waals surface area contributed by atoms with Crippen molar-refractivity contribution in [1.82, 2.24) is 9.97 Å². The van der Waals surface area contributed by atoms with Gasteiger partial charge in [0, 0.05) is 24.1 Å². The van der Waals surface area contributed by atoms with Gasteiger partial charge in [0.1, 0.15) is 17.5 Å². The molecule has 0 aliphatic heterocycles. The Hall–Kier alpha value is -1.32. The molecule has 0 radical (unpaired) electrons. The van der Waals surface area contributed by atoms with Crippen molar-refractivity contribution in [2.75, 3.05) is 17.2 Å². The van der Waals surface area contributed by atoms with Crippen LogP contribution in [0.15, 0.2) is 0 Å². The molecule has 0 amide bonds. The molecule has 2 N–H and O–H groups in total. The molecule has 2 aliphatic rings. The van der Waals surface area contributed by atoms with Gasteiger partial charge in [-0.25, -0.2) is 9.97 Å². The van der Waals surface area contributed by atoms with E-state index < -0.39 is 0 Å². The van der Waals surface area contributed by atoms with Crippen LogP contribution < -0.4 is 10.6 Å². The average molecular weight is 232 g/mol. The SMILES string of the molecule is CCNc1nc(C2CC2)nc(NC2CC2)c1C. The fourth-order valence-electron chi connectivity index (χ4n) is 1.96. The zero-order valence-corrected chi connectivity index (χ0v) is 10.6. The van der Waals surface area contributed by atoms with Crippen molar-refractivity contribution >= 4 is 11.6 Å². The van der Waals surface area contributed by atoms with Gasteiger partial charge in [0.15, 0.2) is 0 Å². The van der Waals surface area contributed by atoms with Crippen molar-refractivity contribution in [2.24, 2.45) is 0 Å². The zero-order chi connectivity index (χ0) is 11.8. The van der Waals surface area contributed by atoms with E-state index in [9.17, 15) is 0 Å². The number of aromatic nitrogens is 2. The molecule has 0 bridgehead atoms. The highest BCUT2D eigenvalue weighted by Crippen LogP contribution is 2.40. The lowest BCUT2D eigenvalue weighted by Crippen LogP contribution is -2.11. The van der Waals surface area contributed by atoms with Crippen molar-refractivity contribution in [1.29, 1.82) is 0 Å². The summed E-state index contributed by atoms with van der Waals surface area (Å²) in [5, 5.41) is 6.86. The van der Waals surface area contributed by atoms with Crippen LogP contribution >= 0.6 is 0 Å². The van der Waals surface area contributed by atoms with Gasteiger partial charge >= 0.3 is 0 Å². The number of rotatable bonds is 5. The minimum Gasteiger partial charge on any atom is -0.370 e. The average Bonchev–Trinajstić information content (AvgIpc) is 3.14. The topological polar surface area (TPSA) is 49.8 Å². The summed E-state index contributed by atoms with van der Waals surface area (Å²) in [6.07, 6.45) is 5.05. The summed E-state index contributed by atoms with van der Waals surface area (Å²) in [6.45, 7) is 5.11. The summed E-state index contributed by atoms with van der Waals surface area (Å²) in [5.41, 5.74) is 1.16. The Morgan fingerprint density at radius 3 is 2.41 bits per heavy atom. The van der Waals surface area contributed by atoms with Gasteiger partial charge in [-0.05, 0) is 39.5 Å². The normalized spacial score (nSPS) is 19.2. The van der Waals surface area contributed by atoms with Crippen LogP contribution in [-0.4, -0.2) is 22.6 Å². The van der Waals surface area contributed by atoms with E-state index in [0.717, 1.165) is 29.6 Å². The zero-order valence-electron chi connectivity index (χ0n) is 10.6. The van der Waals surface area contributed by atoms with E-state index in [2.05, 4.69) is 29.5 Å². The first-order chi connectivity index (χ1) is 8.28. The molecule has 2 aliphatic carbocycles. The number of hydrogen-bond acceptors (Lipinski definition) is 4. The lowest BCUT2D eigenvalue weighted by molar-refractivity contribution is 0.908. The van der Waals surface area contributed by atoms with Gasteiger partial charge in [0.2, 0.25) is 0 Å². The van der Waals surface area contributed by atoms with Crippen molar-refractivity contribution in [3.8, 4) is 0 Å². The molecule has 1 aromatic heterocycles. The van der Waals surface area contributed by atoms with Crippen LogP contribution in [0.4, 0.5) is 11.6 Å². The molecule has 4 heteroatoms. The molecule has 3 rings (SSSR count). The molecule has 0 atom stereocenters. The maximum atomic E-state index is 4.70.